The van der Waals surface area contributed by atoms with Gasteiger partial charge in [-0.1, -0.05) is 50.6 Å². The van der Waals surface area contributed by atoms with E-state index in [1.807, 2.05) is 44.4 Å². The molecule has 1 amide bonds. The van der Waals surface area contributed by atoms with E-state index in [4.69, 9.17) is 16.3 Å². The van der Waals surface area contributed by atoms with E-state index < -0.39 is 0 Å². The summed E-state index contributed by atoms with van der Waals surface area (Å²) < 4.78 is 5.83. The van der Waals surface area contributed by atoms with Crippen LogP contribution >= 0.6 is 11.6 Å². The van der Waals surface area contributed by atoms with Crippen LogP contribution in [0.25, 0.3) is 6.08 Å². The molecule has 2 aromatic rings. The van der Waals surface area contributed by atoms with E-state index in [-0.39, 0.29) is 0 Å². The van der Waals surface area contributed by atoms with Gasteiger partial charge in [-0.05, 0) is 123 Å². The highest BCUT2D eigenvalue weighted by molar-refractivity contribution is 6.30. The SMILES string of the molecule is CN=C1COc2ccccc2N1CCN1CCC(c2ccc(Cl)cc2C=CO)CC1.CNCC1CCN(C(=O)C2CC2C(C)(C)C)CC1. The van der Waals surface area contributed by atoms with Crippen LogP contribution in [-0.4, -0.2) is 93.2 Å². The lowest BCUT2D eigenvalue weighted by atomic mass is 9.86. The monoisotopic (exact) mass is 677 g/mol. The molecule has 3 heterocycles. The Morgan fingerprint density at radius 2 is 1.79 bits per heavy atom. The lowest BCUT2D eigenvalue weighted by molar-refractivity contribution is -0.134. The van der Waals surface area contributed by atoms with Gasteiger partial charge >= 0.3 is 0 Å². The molecule has 1 saturated carbocycles. The van der Waals surface area contributed by atoms with E-state index in [0.717, 1.165) is 100 Å². The maximum atomic E-state index is 12.4. The smallest absolute Gasteiger partial charge is 0.225 e. The number of hydrogen-bond acceptors (Lipinski definition) is 6. The first-order valence-electron chi connectivity index (χ1n) is 17.8. The number of carbonyl (C=O) groups excluding carboxylic acids is 1. The number of anilines is 1. The molecule has 2 unspecified atom stereocenters. The van der Waals surface area contributed by atoms with Gasteiger partial charge in [0, 0.05) is 44.2 Å². The summed E-state index contributed by atoms with van der Waals surface area (Å²) in [5.74, 6) is 4.52. The molecule has 48 heavy (non-hydrogen) atoms. The van der Waals surface area contributed by atoms with Crippen molar-refractivity contribution in [3.05, 3.63) is 64.9 Å². The zero-order valence-corrected chi connectivity index (χ0v) is 30.4. The van der Waals surface area contributed by atoms with E-state index in [9.17, 15) is 9.90 Å². The molecule has 8 nitrogen and oxygen atoms in total. The number of hydrogen-bond donors (Lipinski definition) is 2. The number of para-hydroxylation sites is 2. The number of ether oxygens (including phenoxy) is 1. The third-order valence-corrected chi connectivity index (χ3v) is 10.9. The molecule has 3 aliphatic heterocycles. The number of aliphatic hydroxyl groups is 1. The summed E-state index contributed by atoms with van der Waals surface area (Å²) in [4.78, 5) is 23.8. The van der Waals surface area contributed by atoms with Crippen LogP contribution < -0.4 is 15.0 Å². The van der Waals surface area contributed by atoms with Crippen molar-refractivity contribution in [3.63, 3.8) is 0 Å². The molecule has 262 valence electrons. The molecule has 0 aromatic heterocycles. The second-order valence-corrected chi connectivity index (χ2v) is 15.3. The van der Waals surface area contributed by atoms with E-state index in [0.29, 0.717) is 40.7 Å². The van der Waals surface area contributed by atoms with Crippen molar-refractivity contribution in [3.8, 4) is 5.75 Å². The normalized spacial score (nSPS) is 23.1. The van der Waals surface area contributed by atoms with Crippen molar-refractivity contribution in [2.24, 2.45) is 28.2 Å². The van der Waals surface area contributed by atoms with Crippen molar-refractivity contribution in [1.29, 1.82) is 0 Å². The largest absolute Gasteiger partial charge is 0.516 e. The number of fused-ring (bicyclic) bond motifs is 1. The Labute approximate surface area is 293 Å². The number of aliphatic imine (C=N–C) groups is 1. The Morgan fingerprint density at radius 1 is 1.06 bits per heavy atom. The molecular weight excluding hydrogens is 622 g/mol. The first-order valence-corrected chi connectivity index (χ1v) is 18.2. The van der Waals surface area contributed by atoms with Gasteiger partial charge in [0.2, 0.25) is 5.91 Å². The van der Waals surface area contributed by atoms with Gasteiger partial charge in [-0.25, -0.2) is 0 Å². The zero-order chi connectivity index (χ0) is 34.3. The number of amidine groups is 1. The number of rotatable bonds is 8. The van der Waals surface area contributed by atoms with Crippen LogP contribution in [0.5, 0.6) is 5.75 Å². The summed E-state index contributed by atoms with van der Waals surface area (Å²) in [6.07, 6.45) is 8.47. The number of nitrogens with zero attached hydrogens (tertiary/aromatic N) is 4. The molecule has 3 fully saturated rings. The van der Waals surface area contributed by atoms with Gasteiger partial charge < -0.3 is 29.9 Å². The maximum absolute atomic E-state index is 12.4. The van der Waals surface area contributed by atoms with Crippen LogP contribution in [0.3, 0.4) is 0 Å². The molecule has 1 aliphatic carbocycles. The molecule has 9 heteroatoms. The molecule has 2 N–H and O–H groups in total. The third kappa shape index (κ3) is 9.13. The number of benzene rings is 2. The van der Waals surface area contributed by atoms with Crippen LogP contribution in [-0.2, 0) is 4.79 Å². The topological polar surface area (TPSA) is 80.6 Å². The molecule has 0 radical (unpaired) electrons. The number of halogens is 1. The van der Waals surface area contributed by atoms with Crippen molar-refractivity contribution in [2.45, 2.75) is 58.8 Å². The van der Waals surface area contributed by atoms with E-state index in [1.165, 1.54) is 18.4 Å². The van der Waals surface area contributed by atoms with Crippen LogP contribution in [0.15, 0.2) is 53.7 Å². The minimum absolute atomic E-state index is 0.296. The van der Waals surface area contributed by atoms with Crippen LogP contribution in [0.2, 0.25) is 5.02 Å². The van der Waals surface area contributed by atoms with Crippen molar-refractivity contribution in [2.75, 3.05) is 71.4 Å². The van der Waals surface area contributed by atoms with E-state index in [1.54, 1.807) is 6.08 Å². The maximum Gasteiger partial charge on any atom is 0.225 e. The summed E-state index contributed by atoms with van der Waals surface area (Å²) >= 11 is 6.14. The fourth-order valence-electron chi connectivity index (χ4n) is 7.75. The molecule has 2 saturated heterocycles. The van der Waals surface area contributed by atoms with Crippen LogP contribution in [0.1, 0.15) is 69.9 Å². The van der Waals surface area contributed by atoms with Gasteiger partial charge in [-0.3, -0.25) is 9.79 Å². The van der Waals surface area contributed by atoms with Crippen molar-refractivity contribution >= 4 is 35.1 Å². The van der Waals surface area contributed by atoms with Crippen molar-refractivity contribution < 1.29 is 14.6 Å². The fraction of sp³-hybridized carbons (Fsp3) is 0.590. The van der Waals surface area contributed by atoms with Gasteiger partial charge in [-0.2, -0.15) is 0 Å². The Hall–Kier alpha value is -3.07. The molecule has 2 aromatic carbocycles. The minimum Gasteiger partial charge on any atom is -0.516 e. The predicted octanol–water partition coefficient (Wildman–Crippen LogP) is 7.10. The second kappa shape index (κ2) is 16.6. The summed E-state index contributed by atoms with van der Waals surface area (Å²) in [7, 11) is 3.84. The van der Waals surface area contributed by atoms with Gasteiger partial charge in [0.05, 0.1) is 11.9 Å². The third-order valence-electron chi connectivity index (χ3n) is 10.7. The molecular formula is C39H56ClN5O3. The first kappa shape index (κ1) is 36.2. The van der Waals surface area contributed by atoms with Crippen LogP contribution in [0.4, 0.5) is 5.69 Å². The molecule has 0 bridgehead atoms. The number of likely N-dealkylation sites (tertiary alicyclic amines) is 2. The number of nitrogens with one attached hydrogen (secondary N) is 1. The van der Waals surface area contributed by atoms with E-state index >= 15 is 0 Å². The highest BCUT2D eigenvalue weighted by atomic mass is 35.5. The molecule has 0 spiro atoms. The average Bonchev–Trinajstić information content (AvgIpc) is 3.91. The Balaban J connectivity index is 0.000000214. The lowest BCUT2D eigenvalue weighted by Crippen LogP contribution is -2.45. The highest BCUT2D eigenvalue weighted by Gasteiger charge is 2.50. The quantitative estimate of drug-likeness (QED) is 0.290. The predicted molar refractivity (Wildman–Crippen MR) is 198 cm³/mol. The summed E-state index contributed by atoms with van der Waals surface area (Å²) in [5, 5.41) is 13.2. The summed E-state index contributed by atoms with van der Waals surface area (Å²) in [6.45, 7) is 14.3. The molecule has 6 rings (SSSR count). The number of aliphatic hydroxyl groups excluding tert-OH is 1. The Morgan fingerprint density at radius 3 is 2.44 bits per heavy atom. The second-order valence-electron chi connectivity index (χ2n) is 14.9. The molecule has 2 atom stereocenters. The standard InChI is InChI=1S/C24H28ClN3O2.C15H28N2O/c1-26-24-17-30-23-5-3-2-4-22(23)28(24)14-13-27-11-8-18(9-12-27)21-7-6-20(25)16-19(21)10-15-29;1-15(2,3)13-9-12(13)14(18)17-7-5-11(6-8-17)10-16-4/h2-7,10,15-16,18,29H,8-9,11-14,17H2,1H3;11-13,16H,5-10H2,1-4H3. The van der Waals surface area contributed by atoms with E-state index in [2.05, 4.69) is 57.9 Å². The van der Waals surface area contributed by atoms with Crippen LogP contribution in [0, 0.1) is 23.2 Å². The summed E-state index contributed by atoms with van der Waals surface area (Å²) in [6, 6.07) is 14.1. The highest BCUT2D eigenvalue weighted by Crippen LogP contribution is 2.51. The Bertz CT molecular complexity index is 1420. The first-order chi connectivity index (χ1) is 23.1. The fourth-order valence-corrected chi connectivity index (χ4v) is 7.93. The van der Waals surface area contributed by atoms with Crippen molar-refractivity contribution in [1.82, 2.24) is 15.1 Å². The summed E-state index contributed by atoms with van der Waals surface area (Å²) in [5.41, 5.74) is 3.68. The minimum atomic E-state index is 0.296. The number of piperidine rings is 2. The van der Waals surface area contributed by atoms with Gasteiger partial charge in [0.15, 0.2) is 0 Å². The molecule has 4 aliphatic rings. The van der Waals surface area contributed by atoms with Gasteiger partial charge in [0.1, 0.15) is 18.2 Å². The Kier molecular flexibility index (Phi) is 12.5. The number of carbonyl (C=O) groups is 1. The lowest BCUT2D eigenvalue weighted by Gasteiger charge is -2.36. The number of amides is 1. The zero-order valence-electron chi connectivity index (χ0n) is 29.6. The average molecular weight is 678 g/mol. The van der Waals surface area contributed by atoms with Gasteiger partial charge in [0.25, 0.3) is 0 Å². The van der Waals surface area contributed by atoms with Gasteiger partial charge in [-0.15, -0.1) is 0 Å².